The molecule has 0 saturated heterocycles. The molecule has 0 aliphatic heterocycles. The Bertz CT molecular complexity index is 1400. The highest BCUT2D eigenvalue weighted by molar-refractivity contribution is 5.91. The Morgan fingerprint density at radius 1 is 1.09 bits per heavy atom. The van der Waals surface area contributed by atoms with Crippen molar-refractivity contribution in [2.24, 2.45) is 0 Å². The smallest absolute Gasteiger partial charge is 0.335 e. The van der Waals surface area contributed by atoms with Crippen molar-refractivity contribution in [1.82, 2.24) is 9.97 Å². The molecule has 0 bridgehead atoms. The number of aromatic amines is 1. The predicted molar refractivity (Wildman–Crippen MR) is 130 cm³/mol. The maximum absolute atomic E-state index is 11.0. The SMILES string of the molecule is COc1cc(C=C(C#N)c2nc3cc(C)c(C)cc3[nH]2)ccc1OCc1ccc(C(=O)O)cc1. The minimum Gasteiger partial charge on any atom is -0.493 e. The number of ether oxygens (including phenoxy) is 2. The molecule has 0 spiro atoms. The van der Waals surface area contributed by atoms with Gasteiger partial charge in [-0.25, -0.2) is 9.78 Å². The van der Waals surface area contributed by atoms with Crippen molar-refractivity contribution < 1.29 is 19.4 Å². The molecule has 0 atom stereocenters. The van der Waals surface area contributed by atoms with E-state index in [1.165, 1.54) is 12.1 Å². The minimum absolute atomic E-state index is 0.223. The third-order valence-electron chi connectivity index (χ3n) is 5.57. The summed E-state index contributed by atoms with van der Waals surface area (Å²) in [6.45, 7) is 4.33. The number of nitrogens with zero attached hydrogens (tertiary/aromatic N) is 2. The lowest BCUT2D eigenvalue weighted by molar-refractivity contribution is 0.0697. The van der Waals surface area contributed by atoms with Crippen molar-refractivity contribution in [2.45, 2.75) is 20.5 Å². The molecule has 4 rings (SSSR count). The molecule has 0 aliphatic rings. The van der Waals surface area contributed by atoms with Crippen molar-refractivity contribution in [1.29, 1.82) is 5.26 Å². The number of fused-ring (bicyclic) bond motifs is 1. The first kappa shape index (κ1) is 22.6. The van der Waals surface area contributed by atoms with Gasteiger partial charge in [-0.3, -0.25) is 0 Å². The van der Waals surface area contributed by atoms with Crippen LogP contribution in [-0.4, -0.2) is 28.2 Å². The summed E-state index contributed by atoms with van der Waals surface area (Å²) in [4.78, 5) is 18.8. The number of aromatic carboxylic acids is 1. The van der Waals surface area contributed by atoms with Crippen LogP contribution in [0.3, 0.4) is 0 Å². The Labute approximate surface area is 196 Å². The predicted octanol–water partition coefficient (Wildman–Crippen LogP) is 5.53. The van der Waals surface area contributed by atoms with Gasteiger partial charge in [0.05, 0.1) is 29.3 Å². The van der Waals surface area contributed by atoms with Crippen molar-refractivity contribution in [3.05, 3.63) is 88.2 Å². The first-order valence-electron chi connectivity index (χ1n) is 10.6. The molecule has 0 radical (unpaired) electrons. The number of methoxy groups -OCH3 is 1. The summed E-state index contributed by atoms with van der Waals surface area (Å²) in [5.41, 5.74) is 6.22. The van der Waals surface area contributed by atoms with Gasteiger partial charge in [0.15, 0.2) is 11.5 Å². The van der Waals surface area contributed by atoms with E-state index in [-0.39, 0.29) is 12.2 Å². The van der Waals surface area contributed by atoms with Gasteiger partial charge in [-0.05, 0) is 78.6 Å². The molecule has 4 aromatic rings. The Morgan fingerprint density at radius 2 is 1.82 bits per heavy atom. The Hall–Kier alpha value is -4.57. The van der Waals surface area contributed by atoms with Crippen LogP contribution in [0.4, 0.5) is 0 Å². The number of allylic oxidation sites excluding steroid dienone is 1. The fourth-order valence-corrected chi connectivity index (χ4v) is 3.52. The zero-order valence-corrected chi connectivity index (χ0v) is 19.0. The molecular formula is C27H23N3O4. The van der Waals surface area contributed by atoms with E-state index < -0.39 is 5.97 Å². The number of carboxylic acid groups (broad SMARTS) is 1. The summed E-state index contributed by atoms with van der Waals surface area (Å²) in [7, 11) is 1.55. The quantitative estimate of drug-likeness (QED) is 0.356. The summed E-state index contributed by atoms with van der Waals surface area (Å²) < 4.78 is 11.4. The number of aryl methyl sites for hydroxylation is 2. The summed E-state index contributed by atoms with van der Waals surface area (Å²) in [5.74, 6) is 0.591. The van der Waals surface area contributed by atoms with E-state index in [4.69, 9.17) is 14.6 Å². The van der Waals surface area contributed by atoms with E-state index in [0.29, 0.717) is 22.9 Å². The Kier molecular flexibility index (Phi) is 6.33. The molecule has 3 aromatic carbocycles. The number of carboxylic acids is 1. The van der Waals surface area contributed by atoms with Gasteiger partial charge in [-0.15, -0.1) is 0 Å². The summed E-state index contributed by atoms with van der Waals surface area (Å²) >= 11 is 0. The molecule has 0 aliphatic carbocycles. The second-order valence-electron chi connectivity index (χ2n) is 7.91. The highest BCUT2D eigenvalue weighted by Gasteiger charge is 2.11. The maximum atomic E-state index is 11.0. The number of nitrogens with one attached hydrogen (secondary N) is 1. The van der Waals surface area contributed by atoms with Crippen LogP contribution in [0.15, 0.2) is 54.6 Å². The Morgan fingerprint density at radius 3 is 2.50 bits per heavy atom. The maximum Gasteiger partial charge on any atom is 0.335 e. The topological polar surface area (TPSA) is 108 Å². The fraction of sp³-hybridized carbons (Fsp3) is 0.148. The second-order valence-corrected chi connectivity index (χ2v) is 7.91. The number of carbonyl (C=O) groups is 1. The third kappa shape index (κ3) is 4.76. The first-order valence-corrected chi connectivity index (χ1v) is 10.6. The van der Waals surface area contributed by atoms with Gasteiger partial charge < -0.3 is 19.6 Å². The highest BCUT2D eigenvalue weighted by Crippen LogP contribution is 2.30. The van der Waals surface area contributed by atoms with Crippen LogP contribution in [0, 0.1) is 25.2 Å². The molecule has 34 heavy (non-hydrogen) atoms. The van der Waals surface area contributed by atoms with Crippen LogP contribution in [0.2, 0.25) is 0 Å². The zero-order chi connectivity index (χ0) is 24.2. The number of nitriles is 1. The van der Waals surface area contributed by atoms with Gasteiger partial charge in [-0.2, -0.15) is 5.26 Å². The number of hydrogen-bond acceptors (Lipinski definition) is 5. The second kappa shape index (κ2) is 9.51. The lowest BCUT2D eigenvalue weighted by Gasteiger charge is -2.12. The standard InChI is InChI=1S/C27H23N3O4/c1-16-10-22-23(11-17(16)2)30-26(29-22)21(14-28)12-19-6-9-24(25(13-19)33-3)34-15-18-4-7-20(8-5-18)27(31)32/h4-13H,15H2,1-3H3,(H,29,30)(H,31,32). The molecule has 0 fully saturated rings. The molecule has 0 amide bonds. The molecule has 170 valence electrons. The first-order chi connectivity index (χ1) is 16.4. The van der Waals surface area contributed by atoms with Gasteiger partial charge in [0.2, 0.25) is 0 Å². The van der Waals surface area contributed by atoms with Gasteiger partial charge in [-0.1, -0.05) is 18.2 Å². The summed E-state index contributed by atoms with van der Waals surface area (Å²) in [5, 5.41) is 18.8. The van der Waals surface area contributed by atoms with Gasteiger partial charge in [0.1, 0.15) is 18.5 Å². The van der Waals surface area contributed by atoms with E-state index >= 15 is 0 Å². The Balaban J connectivity index is 1.56. The number of benzene rings is 3. The number of rotatable bonds is 7. The van der Waals surface area contributed by atoms with Crippen LogP contribution in [0.25, 0.3) is 22.7 Å². The van der Waals surface area contributed by atoms with E-state index in [2.05, 4.69) is 16.0 Å². The van der Waals surface area contributed by atoms with Crippen molar-refractivity contribution in [3.8, 4) is 17.6 Å². The number of imidazole rings is 1. The third-order valence-corrected chi connectivity index (χ3v) is 5.57. The minimum atomic E-state index is -0.970. The normalized spacial score (nSPS) is 11.3. The lowest BCUT2D eigenvalue weighted by atomic mass is 10.1. The molecule has 0 unspecified atom stereocenters. The van der Waals surface area contributed by atoms with Crippen molar-refractivity contribution in [2.75, 3.05) is 7.11 Å². The van der Waals surface area contributed by atoms with E-state index in [1.54, 1.807) is 37.5 Å². The van der Waals surface area contributed by atoms with Crippen LogP contribution < -0.4 is 9.47 Å². The number of aromatic nitrogens is 2. The zero-order valence-electron chi connectivity index (χ0n) is 19.0. The number of H-pyrrole nitrogens is 1. The van der Waals surface area contributed by atoms with E-state index in [0.717, 1.165) is 33.3 Å². The fourth-order valence-electron chi connectivity index (χ4n) is 3.52. The average molecular weight is 453 g/mol. The molecular weight excluding hydrogens is 430 g/mol. The molecule has 1 heterocycles. The summed E-state index contributed by atoms with van der Waals surface area (Å²) in [6, 6.07) is 18.1. The van der Waals surface area contributed by atoms with Crippen LogP contribution in [-0.2, 0) is 6.61 Å². The van der Waals surface area contributed by atoms with Crippen LogP contribution in [0.1, 0.15) is 38.4 Å². The van der Waals surface area contributed by atoms with Crippen LogP contribution in [0.5, 0.6) is 11.5 Å². The molecule has 7 heteroatoms. The van der Waals surface area contributed by atoms with Crippen LogP contribution >= 0.6 is 0 Å². The van der Waals surface area contributed by atoms with Gasteiger partial charge in [0.25, 0.3) is 0 Å². The lowest BCUT2D eigenvalue weighted by Crippen LogP contribution is -2.00. The van der Waals surface area contributed by atoms with Gasteiger partial charge in [0, 0.05) is 0 Å². The van der Waals surface area contributed by atoms with Crippen molar-refractivity contribution >= 4 is 28.7 Å². The van der Waals surface area contributed by atoms with Gasteiger partial charge >= 0.3 is 5.97 Å². The highest BCUT2D eigenvalue weighted by atomic mass is 16.5. The van der Waals surface area contributed by atoms with E-state index in [1.807, 2.05) is 32.0 Å². The monoisotopic (exact) mass is 453 g/mol. The molecule has 2 N–H and O–H groups in total. The number of hydrogen-bond donors (Lipinski definition) is 2. The summed E-state index contributed by atoms with van der Waals surface area (Å²) in [6.07, 6.45) is 1.74. The van der Waals surface area contributed by atoms with Crippen molar-refractivity contribution in [3.63, 3.8) is 0 Å². The molecule has 1 aromatic heterocycles. The largest absolute Gasteiger partial charge is 0.493 e. The molecule has 7 nitrogen and oxygen atoms in total. The average Bonchev–Trinajstić information content (AvgIpc) is 3.24. The van der Waals surface area contributed by atoms with E-state index in [9.17, 15) is 10.1 Å². The molecule has 0 saturated carbocycles.